The van der Waals surface area contributed by atoms with Crippen molar-refractivity contribution >= 4 is 22.4 Å². The van der Waals surface area contributed by atoms with Crippen LogP contribution < -0.4 is 20.3 Å². The maximum atomic E-state index is 13.4. The molecule has 34 heavy (non-hydrogen) atoms. The zero-order valence-corrected chi connectivity index (χ0v) is 20.0. The second-order valence-corrected chi connectivity index (χ2v) is 8.04. The van der Waals surface area contributed by atoms with E-state index >= 15 is 0 Å². The normalized spacial score (nSPS) is 11.9. The first-order chi connectivity index (χ1) is 16.4. The quantitative estimate of drug-likeness (QED) is 0.441. The van der Waals surface area contributed by atoms with Gasteiger partial charge in [0, 0.05) is 40.7 Å². The van der Waals surface area contributed by atoms with E-state index in [9.17, 15) is 9.59 Å². The van der Waals surface area contributed by atoms with Crippen LogP contribution in [0.5, 0.6) is 11.5 Å². The van der Waals surface area contributed by atoms with Gasteiger partial charge in [0.05, 0.1) is 31.5 Å². The van der Waals surface area contributed by atoms with Crippen LogP contribution in [0.2, 0.25) is 0 Å². The van der Waals surface area contributed by atoms with Crippen molar-refractivity contribution in [2.45, 2.75) is 33.2 Å². The molecule has 8 heteroatoms. The number of amides is 1. The number of benzene rings is 2. The van der Waals surface area contributed by atoms with Gasteiger partial charge in [0.2, 0.25) is 5.91 Å². The monoisotopic (exact) mass is 460 g/mol. The number of nitrogens with zero attached hydrogens (tertiary/aromatic N) is 3. The summed E-state index contributed by atoms with van der Waals surface area (Å²) in [4.78, 5) is 26.8. The smallest absolute Gasteiger partial charge is 0.281 e. The highest BCUT2D eigenvalue weighted by molar-refractivity contribution is 5.96. The van der Waals surface area contributed by atoms with Gasteiger partial charge in [-0.1, -0.05) is 25.1 Å². The predicted molar refractivity (Wildman–Crippen MR) is 132 cm³/mol. The molecule has 4 aromatic rings. The zero-order chi connectivity index (χ0) is 24.4. The number of para-hydroxylation sites is 1. The van der Waals surface area contributed by atoms with Crippen LogP contribution in [-0.2, 0) is 4.79 Å². The maximum Gasteiger partial charge on any atom is 0.281 e. The first kappa shape index (κ1) is 23.1. The van der Waals surface area contributed by atoms with Gasteiger partial charge in [-0.2, -0.15) is 9.78 Å². The number of aromatic nitrogens is 3. The molecular formula is C26H28N4O4. The predicted octanol–water partition coefficient (Wildman–Crippen LogP) is 4.41. The number of methoxy groups -OCH3 is 2. The Morgan fingerprint density at radius 3 is 2.26 bits per heavy atom. The SMILES string of the molecule is CC[C@@H](C(=O)Nc1cc(OC)cc(OC)c1)n1c(C)c2cnn(-c3ccccc3)c(=O)c2c1C. The van der Waals surface area contributed by atoms with Gasteiger partial charge in [-0.15, -0.1) is 0 Å². The molecule has 0 aliphatic heterocycles. The molecule has 0 radical (unpaired) electrons. The van der Waals surface area contributed by atoms with Gasteiger partial charge >= 0.3 is 0 Å². The van der Waals surface area contributed by atoms with E-state index in [4.69, 9.17) is 9.47 Å². The second kappa shape index (κ2) is 9.43. The molecule has 1 amide bonds. The van der Waals surface area contributed by atoms with Gasteiger partial charge in [-0.3, -0.25) is 9.59 Å². The molecule has 176 valence electrons. The average molecular weight is 461 g/mol. The molecule has 0 aliphatic rings. The Hall–Kier alpha value is -4.07. The molecule has 1 atom stereocenters. The van der Waals surface area contributed by atoms with Crippen molar-refractivity contribution < 1.29 is 14.3 Å². The fourth-order valence-corrected chi connectivity index (χ4v) is 4.39. The summed E-state index contributed by atoms with van der Waals surface area (Å²) in [7, 11) is 3.12. The van der Waals surface area contributed by atoms with Crippen molar-refractivity contribution in [1.29, 1.82) is 0 Å². The molecule has 0 unspecified atom stereocenters. The zero-order valence-electron chi connectivity index (χ0n) is 20.0. The first-order valence-corrected chi connectivity index (χ1v) is 11.1. The lowest BCUT2D eigenvalue weighted by atomic mass is 10.1. The van der Waals surface area contributed by atoms with E-state index in [1.807, 2.05) is 55.7 Å². The van der Waals surface area contributed by atoms with E-state index < -0.39 is 6.04 Å². The van der Waals surface area contributed by atoms with Gasteiger partial charge < -0.3 is 19.4 Å². The highest BCUT2D eigenvalue weighted by Crippen LogP contribution is 2.30. The molecule has 2 heterocycles. The Labute approximate surface area is 197 Å². The van der Waals surface area contributed by atoms with Gasteiger partial charge in [0.1, 0.15) is 17.5 Å². The number of ether oxygens (including phenoxy) is 2. The summed E-state index contributed by atoms with van der Waals surface area (Å²) in [6, 6.07) is 14.0. The largest absolute Gasteiger partial charge is 0.497 e. The molecule has 2 aromatic heterocycles. The molecule has 0 saturated carbocycles. The van der Waals surface area contributed by atoms with Crippen LogP contribution in [0.15, 0.2) is 59.5 Å². The molecule has 4 rings (SSSR count). The summed E-state index contributed by atoms with van der Waals surface area (Å²) in [5.41, 5.74) is 2.60. The Bertz CT molecular complexity index is 1380. The van der Waals surface area contributed by atoms with Gasteiger partial charge in [-0.05, 0) is 32.4 Å². The fourth-order valence-electron chi connectivity index (χ4n) is 4.39. The minimum atomic E-state index is -0.519. The van der Waals surface area contributed by atoms with Crippen molar-refractivity contribution in [1.82, 2.24) is 14.3 Å². The molecule has 0 bridgehead atoms. The van der Waals surface area contributed by atoms with Crippen molar-refractivity contribution in [3.05, 3.63) is 76.5 Å². The van der Waals surface area contributed by atoms with E-state index in [-0.39, 0.29) is 11.5 Å². The Morgan fingerprint density at radius 2 is 1.68 bits per heavy atom. The summed E-state index contributed by atoms with van der Waals surface area (Å²) in [6.07, 6.45) is 2.23. The lowest BCUT2D eigenvalue weighted by Crippen LogP contribution is -2.27. The van der Waals surface area contributed by atoms with Crippen LogP contribution in [0.1, 0.15) is 30.8 Å². The number of aryl methyl sites for hydroxylation is 2. The fraction of sp³-hybridized carbons (Fsp3) is 0.269. The third kappa shape index (κ3) is 4.03. The van der Waals surface area contributed by atoms with E-state index in [1.165, 1.54) is 4.68 Å². The van der Waals surface area contributed by atoms with E-state index in [0.717, 1.165) is 16.8 Å². The van der Waals surface area contributed by atoms with Crippen LogP contribution >= 0.6 is 0 Å². The maximum absolute atomic E-state index is 13.4. The number of carbonyl (C=O) groups excluding carboxylic acids is 1. The van der Waals surface area contributed by atoms with Gasteiger partial charge in [0.15, 0.2) is 0 Å². The number of carbonyl (C=O) groups is 1. The van der Waals surface area contributed by atoms with E-state index in [0.29, 0.717) is 34.7 Å². The number of hydrogen-bond donors (Lipinski definition) is 1. The summed E-state index contributed by atoms with van der Waals surface area (Å²) in [5.74, 6) is 0.962. The average Bonchev–Trinajstić information content (AvgIpc) is 3.10. The summed E-state index contributed by atoms with van der Waals surface area (Å²) < 4.78 is 13.9. The molecule has 0 saturated heterocycles. The minimum Gasteiger partial charge on any atom is -0.497 e. The second-order valence-electron chi connectivity index (χ2n) is 8.04. The Morgan fingerprint density at radius 1 is 1.03 bits per heavy atom. The third-order valence-electron chi connectivity index (χ3n) is 6.07. The topological polar surface area (TPSA) is 87.4 Å². The standard InChI is InChI=1S/C26H28N4O4/c1-6-23(25(31)28-18-12-20(33-4)14-21(13-18)34-5)29-16(2)22-15-27-30(19-10-8-7-9-11-19)26(32)24(22)17(29)3/h7-15,23H,6H2,1-5H3,(H,28,31)/t23-/m0/s1. The Balaban J connectivity index is 1.76. The lowest BCUT2D eigenvalue weighted by molar-refractivity contribution is -0.119. The lowest BCUT2D eigenvalue weighted by Gasteiger charge is -2.21. The number of nitrogens with one attached hydrogen (secondary N) is 1. The number of fused-ring (bicyclic) bond motifs is 1. The molecular weight excluding hydrogens is 432 g/mol. The molecule has 0 fully saturated rings. The van der Waals surface area contributed by atoms with Crippen LogP contribution in [0.4, 0.5) is 5.69 Å². The molecule has 8 nitrogen and oxygen atoms in total. The van der Waals surface area contributed by atoms with Crippen LogP contribution in [0, 0.1) is 13.8 Å². The minimum absolute atomic E-state index is 0.194. The van der Waals surface area contributed by atoms with E-state index in [1.54, 1.807) is 38.6 Å². The highest BCUT2D eigenvalue weighted by atomic mass is 16.5. The van der Waals surface area contributed by atoms with Crippen molar-refractivity contribution in [2.24, 2.45) is 0 Å². The summed E-state index contributed by atoms with van der Waals surface area (Å²) in [5, 5.41) is 8.66. The molecule has 0 aliphatic carbocycles. The van der Waals surface area contributed by atoms with Crippen LogP contribution in [-0.4, -0.2) is 34.5 Å². The Kier molecular flexibility index (Phi) is 6.40. The number of hydrogen-bond acceptors (Lipinski definition) is 5. The first-order valence-electron chi connectivity index (χ1n) is 11.1. The number of anilines is 1. The molecule has 2 aromatic carbocycles. The number of rotatable bonds is 7. The molecule has 1 N–H and O–H groups in total. The van der Waals surface area contributed by atoms with Crippen molar-refractivity contribution in [3.8, 4) is 17.2 Å². The van der Waals surface area contributed by atoms with Crippen LogP contribution in [0.25, 0.3) is 16.5 Å². The van der Waals surface area contributed by atoms with Crippen LogP contribution in [0.3, 0.4) is 0 Å². The van der Waals surface area contributed by atoms with Gasteiger partial charge in [-0.25, -0.2) is 0 Å². The van der Waals surface area contributed by atoms with Crippen molar-refractivity contribution in [3.63, 3.8) is 0 Å². The third-order valence-corrected chi connectivity index (χ3v) is 6.07. The summed E-state index contributed by atoms with van der Waals surface area (Å²) >= 11 is 0. The van der Waals surface area contributed by atoms with Gasteiger partial charge in [0.25, 0.3) is 5.56 Å². The summed E-state index contributed by atoms with van der Waals surface area (Å²) in [6.45, 7) is 5.73. The molecule has 0 spiro atoms. The highest BCUT2D eigenvalue weighted by Gasteiger charge is 2.26. The van der Waals surface area contributed by atoms with E-state index in [2.05, 4.69) is 10.4 Å². The van der Waals surface area contributed by atoms with Crippen molar-refractivity contribution in [2.75, 3.05) is 19.5 Å².